The summed E-state index contributed by atoms with van der Waals surface area (Å²) in [7, 11) is 0. The van der Waals surface area contributed by atoms with Crippen LogP contribution in [0.2, 0.25) is 0 Å². The van der Waals surface area contributed by atoms with Gasteiger partial charge in [-0.05, 0) is 44.9 Å². The minimum absolute atomic E-state index is 0.708. The number of fused-ring (bicyclic) bond motifs is 1. The Bertz CT molecular complexity index is 432. The van der Waals surface area contributed by atoms with Gasteiger partial charge in [-0.3, -0.25) is 0 Å². The van der Waals surface area contributed by atoms with Crippen molar-refractivity contribution in [2.75, 3.05) is 6.54 Å². The molecule has 98 valence electrons. The zero-order chi connectivity index (χ0) is 11.9. The maximum absolute atomic E-state index is 5.03. The molecule has 0 amide bonds. The van der Waals surface area contributed by atoms with Crippen LogP contribution in [0.5, 0.6) is 0 Å². The Morgan fingerprint density at radius 3 is 2.72 bits per heavy atom. The minimum Gasteiger partial charge on any atom is -0.313 e. The Labute approximate surface area is 113 Å². The van der Waals surface area contributed by atoms with E-state index in [1.54, 1.807) is 4.88 Å². The molecule has 0 spiro atoms. The lowest BCUT2D eigenvalue weighted by molar-refractivity contribution is 0.416. The zero-order valence-electron chi connectivity index (χ0n) is 11.0. The van der Waals surface area contributed by atoms with Crippen LogP contribution >= 0.6 is 11.3 Å². The summed E-state index contributed by atoms with van der Waals surface area (Å²) in [5.41, 5.74) is 1.47. The van der Waals surface area contributed by atoms with Gasteiger partial charge in [-0.1, -0.05) is 6.42 Å². The molecule has 1 unspecified atom stereocenters. The van der Waals surface area contributed by atoms with Crippen LogP contribution in [0, 0.1) is 0 Å². The number of hydrogen-bond acceptors (Lipinski definition) is 3. The van der Waals surface area contributed by atoms with Crippen molar-refractivity contribution in [2.24, 2.45) is 0 Å². The second-order valence-electron chi connectivity index (χ2n) is 6.26. The summed E-state index contributed by atoms with van der Waals surface area (Å²) < 4.78 is 0. The van der Waals surface area contributed by atoms with Crippen LogP contribution in [0.15, 0.2) is 0 Å². The molecule has 2 fully saturated rings. The molecule has 1 atom stereocenters. The molecule has 1 aromatic rings. The highest BCUT2D eigenvalue weighted by molar-refractivity contribution is 7.11. The van der Waals surface area contributed by atoms with Gasteiger partial charge in [0.2, 0.25) is 0 Å². The molecule has 2 nitrogen and oxygen atoms in total. The normalized spacial score (nSPS) is 27.9. The SMILES string of the molecule is C1CC(c2nc3c(s2)CCCC3CNC2CC2)C1. The van der Waals surface area contributed by atoms with Crippen molar-refractivity contribution in [1.29, 1.82) is 0 Å². The molecule has 0 radical (unpaired) electrons. The smallest absolute Gasteiger partial charge is 0.0962 e. The number of nitrogens with zero attached hydrogens (tertiary/aromatic N) is 1. The van der Waals surface area contributed by atoms with E-state index in [-0.39, 0.29) is 0 Å². The molecule has 18 heavy (non-hydrogen) atoms. The third kappa shape index (κ3) is 2.12. The highest BCUT2D eigenvalue weighted by atomic mass is 32.1. The Kier molecular flexibility index (Phi) is 2.92. The minimum atomic E-state index is 0.708. The molecule has 2 saturated carbocycles. The Hall–Kier alpha value is -0.410. The maximum atomic E-state index is 5.03. The number of thiazole rings is 1. The summed E-state index contributed by atoms with van der Waals surface area (Å²) in [5, 5.41) is 5.16. The van der Waals surface area contributed by atoms with Gasteiger partial charge in [0, 0.05) is 29.3 Å². The van der Waals surface area contributed by atoms with Gasteiger partial charge in [-0.25, -0.2) is 4.98 Å². The molecular weight excluding hydrogens is 240 g/mol. The van der Waals surface area contributed by atoms with E-state index in [1.165, 1.54) is 68.6 Å². The van der Waals surface area contributed by atoms with Crippen molar-refractivity contribution < 1.29 is 0 Å². The average molecular weight is 262 g/mol. The quantitative estimate of drug-likeness (QED) is 0.897. The van der Waals surface area contributed by atoms with Crippen LogP contribution in [0.1, 0.15) is 72.4 Å². The monoisotopic (exact) mass is 262 g/mol. The first kappa shape index (κ1) is 11.4. The van der Waals surface area contributed by atoms with Gasteiger partial charge >= 0.3 is 0 Å². The number of aryl methyl sites for hydroxylation is 1. The third-order valence-corrected chi connectivity index (χ3v) is 6.07. The average Bonchev–Trinajstić information content (AvgIpc) is 3.03. The summed E-state index contributed by atoms with van der Waals surface area (Å²) in [4.78, 5) is 6.65. The molecule has 1 aromatic heterocycles. The number of rotatable bonds is 4. The highest BCUT2D eigenvalue weighted by Gasteiger charge is 2.30. The molecule has 3 heteroatoms. The lowest BCUT2D eigenvalue weighted by Crippen LogP contribution is -2.26. The highest BCUT2D eigenvalue weighted by Crippen LogP contribution is 2.42. The van der Waals surface area contributed by atoms with Crippen LogP contribution < -0.4 is 5.32 Å². The van der Waals surface area contributed by atoms with Gasteiger partial charge in [0.25, 0.3) is 0 Å². The van der Waals surface area contributed by atoms with Crippen molar-refractivity contribution in [1.82, 2.24) is 10.3 Å². The van der Waals surface area contributed by atoms with Gasteiger partial charge in [-0.2, -0.15) is 0 Å². The first-order chi connectivity index (χ1) is 8.90. The van der Waals surface area contributed by atoms with E-state index in [2.05, 4.69) is 5.32 Å². The predicted molar refractivity (Wildman–Crippen MR) is 75.4 cm³/mol. The first-order valence-electron chi connectivity index (χ1n) is 7.63. The third-order valence-electron chi connectivity index (χ3n) is 4.77. The molecule has 0 bridgehead atoms. The van der Waals surface area contributed by atoms with E-state index >= 15 is 0 Å². The molecular formula is C15H22N2S. The Morgan fingerprint density at radius 2 is 2.00 bits per heavy atom. The fraction of sp³-hybridized carbons (Fsp3) is 0.800. The molecule has 0 aliphatic heterocycles. The molecule has 0 saturated heterocycles. The standard InChI is InChI=1S/C15H22N2S/c1-3-10(4-1)15-17-14-11(9-16-12-7-8-12)5-2-6-13(14)18-15/h10-12,16H,1-9H2. The summed E-state index contributed by atoms with van der Waals surface area (Å²) in [6, 6.07) is 0.833. The molecule has 4 rings (SSSR count). The fourth-order valence-corrected chi connectivity index (χ4v) is 4.51. The lowest BCUT2D eigenvalue weighted by atomic mass is 9.86. The Morgan fingerprint density at radius 1 is 1.11 bits per heavy atom. The molecule has 3 aliphatic rings. The van der Waals surface area contributed by atoms with Crippen molar-refractivity contribution in [2.45, 2.75) is 69.2 Å². The van der Waals surface area contributed by atoms with Gasteiger partial charge < -0.3 is 5.32 Å². The topological polar surface area (TPSA) is 24.9 Å². The predicted octanol–water partition coefficient (Wildman–Crippen LogP) is 3.58. The van der Waals surface area contributed by atoms with Crippen LogP contribution in [-0.4, -0.2) is 17.6 Å². The van der Waals surface area contributed by atoms with Crippen LogP contribution in [0.4, 0.5) is 0 Å². The summed E-state index contributed by atoms with van der Waals surface area (Å²) >= 11 is 2.03. The molecule has 3 aliphatic carbocycles. The van der Waals surface area contributed by atoms with E-state index in [9.17, 15) is 0 Å². The zero-order valence-corrected chi connectivity index (χ0v) is 11.8. The lowest BCUT2D eigenvalue weighted by Gasteiger charge is -2.23. The van der Waals surface area contributed by atoms with E-state index < -0.39 is 0 Å². The van der Waals surface area contributed by atoms with Crippen LogP contribution in [0.3, 0.4) is 0 Å². The van der Waals surface area contributed by atoms with Gasteiger partial charge in [-0.15, -0.1) is 11.3 Å². The summed E-state index contributed by atoms with van der Waals surface area (Å²) in [6.45, 7) is 1.17. The van der Waals surface area contributed by atoms with Crippen LogP contribution in [0.25, 0.3) is 0 Å². The van der Waals surface area contributed by atoms with E-state index in [0.29, 0.717) is 5.92 Å². The van der Waals surface area contributed by atoms with Gasteiger partial charge in [0.05, 0.1) is 10.7 Å². The number of hydrogen-bond donors (Lipinski definition) is 1. The second-order valence-corrected chi connectivity index (χ2v) is 7.38. The van der Waals surface area contributed by atoms with Crippen LogP contribution in [-0.2, 0) is 6.42 Å². The molecule has 1 heterocycles. The largest absolute Gasteiger partial charge is 0.313 e. The second kappa shape index (κ2) is 4.61. The van der Waals surface area contributed by atoms with Crippen molar-refractivity contribution in [3.8, 4) is 0 Å². The van der Waals surface area contributed by atoms with Gasteiger partial charge in [0.1, 0.15) is 0 Å². The summed E-state index contributed by atoms with van der Waals surface area (Å²) in [6.07, 6.45) is 11.0. The van der Waals surface area contributed by atoms with Crippen molar-refractivity contribution >= 4 is 11.3 Å². The van der Waals surface area contributed by atoms with E-state index in [4.69, 9.17) is 4.98 Å². The maximum Gasteiger partial charge on any atom is 0.0962 e. The molecule has 1 N–H and O–H groups in total. The van der Waals surface area contributed by atoms with E-state index in [1.807, 2.05) is 11.3 Å². The number of nitrogens with one attached hydrogen (secondary N) is 1. The first-order valence-corrected chi connectivity index (χ1v) is 8.44. The van der Waals surface area contributed by atoms with Gasteiger partial charge in [0.15, 0.2) is 0 Å². The summed E-state index contributed by atoms with van der Waals surface area (Å²) in [5.74, 6) is 1.53. The molecule has 0 aromatic carbocycles. The fourth-order valence-electron chi connectivity index (χ4n) is 3.15. The van der Waals surface area contributed by atoms with Crippen molar-refractivity contribution in [3.63, 3.8) is 0 Å². The van der Waals surface area contributed by atoms with E-state index in [0.717, 1.165) is 12.0 Å². The van der Waals surface area contributed by atoms with Crippen molar-refractivity contribution in [3.05, 3.63) is 15.6 Å². The Balaban J connectivity index is 1.51. The number of aromatic nitrogens is 1.